The molecule has 5 rings (SSSR count). The molecule has 1 aliphatic heterocycles. The largest absolute Gasteiger partial charge is 0.464 e. The molecular weight excluding hydrogens is 384 g/mol. The van der Waals surface area contributed by atoms with E-state index in [2.05, 4.69) is 20.2 Å². The quantitative estimate of drug-likeness (QED) is 0.548. The molecule has 0 saturated carbocycles. The molecule has 0 spiro atoms. The van der Waals surface area contributed by atoms with Gasteiger partial charge < -0.3 is 14.6 Å². The Morgan fingerprint density at radius 2 is 1.90 bits per heavy atom. The summed E-state index contributed by atoms with van der Waals surface area (Å²) in [7, 11) is 0. The molecule has 1 aromatic carbocycles. The van der Waals surface area contributed by atoms with Crippen LogP contribution >= 0.6 is 11.3 Å². The van der Waals surface area contributed by atoms with Crippen LogP contribution in [0.4, 0.5) is 5.13 Å². The number of rotatable bonds is 4. The first-order valence-electron chi connectivity index (χ1n) is 9.66. The number of hydrogen-bond acceptors (Lipinski definition) is 6. The number of benzene rings is 1. The van der Waals surface area contributed by atoms with Crippen molar-refractivity contribution in [1.29, 1.82) is 0 Å². The van der Waals surface area contributed by atoms with Crippen LogP contribution in [0.15, 0.2) is 64.9 Å². The Bertz CT molecular complexity index is 1110. The summed E-state index contributed by atoms with van der Waals surface area (Å²) in [5.74, 6) is -0.0290. The third kappa shape index (κ3) is 3.61. The van der Waals surface area contributed by atoms with Crippen LogP contribution in [0.2, 0.25) is 0 Å². The summed E-state index contributed by atoms with van der Waals surface area (Å²) in [6.45, 7) is 1.83. The van der Waals surface area contributed by atoms with Crippen molar-refractivity contribution in [2.24, 2.45) is 0 Å². The van der Waals surface area contributed by atoms with Gasteiger partial charge in [-0.05, 0) is 37.1 Å². The van der Waals surface area contributed by atoms with Gasteiger partial charge >= 0.3 is 0 Å². The average Bonchev–Trinajstić information content (AvgIpc) is 3.46. The number of amides is 1. The smallest absolute Gasteiger partial charge is 0.251 e. The van der Waals surface area contributed by atoms with E-state index >= 15 is 0 Å². The van der Waals surface area contributed by atoms with Crippen LogP contribution in [-0.4, -0.2) is 35.0 Å². The first-order valence-corrected chi connectivity index (χ1v) is 10.5. The van der Waals surface area contributed by atoms with Gasteiger partial charge in [0.2, 0.25) is 0 Å². The van der Waals surface area contributed by atoms with Gasteiger partial charge in [0.25, 0.3) is 5.91 Å². The Hall–Kier alpha value is -3.19. The van der Waals surface area contributed by atoms with Gasteiger partial charge in [-0.3, -0.25) is 9.78 Å². The van der Waals surface area contributed by atoms with Crippen LogP contribution in [0.3, 0.4) is 0 Å². The molecule has 1 N–H and O–H groups in total. The van der Waals surface area contributed by atoms with Crippen LogP contribution in [0.1, 0.15) is 23.2 Å². The molecule has 1 saturated heterocycles. The second-order valence-electron chi connectivity index (χ2n) is 7.12. The first kappa shape index (κ1) is 17.9. The van der Waals surface area contributed by atoms with Crippen molar-refractivity contribution in [3.63, 3.8) is 0 Å². The molecule has 4 heterocycles. The fourth-order valence-corrected chi connectivity index (χ4v) is 4.46. The van der Waals surface area contributed by atoms with Crippen molar-refractivity contribution in [1.82, 2.24) is 15.3 Å². The fourth-order valence-electron chi connectivity index (χ4n) is 3.76. The Kier molecular flexibility index (Phi) is 4.73. The van der Waals surface area contributed by atoms with E-state index < -0.39 is 0 Å². The number of piperidine rings is 1. The summed E-state index contributed by atoms with van der Waals surface area (Å²) in [5.41, 5.74) is 3.29. The molecule has 146 valence electrons. The number of anilines is 1. The summed E-state index contributed by atoms with van der Waals surface area (Å²) in [5, 5.41) is 7.20. The number of pyridine rings is 1. The third-order valence-corrected chi connectivity index (χ3v) is 6.15. The van der Waals surface area contributed by atoms with E-state index in [9.17, 15) is 4.79 Å². The molecule has 6 nitrogen and oxygen atoms in total. The number of furan rings is 1. The summed E-state index contributed by atoms with van der Waals surface area (Å²) in [6.07, 6.45) is 7.09. The molecule has 0 unspecified atom stereocenters. The molecule has 29 heavy (non-hydrogen) atoms. The second kappa shape index (κ2) is 7.67. The lowest BCUT2D eigenvalue weighted by Crippen LogP contribution is -2.44. The lowest BCUT2D eigenvalue weighted by Gasteiger charge is -2.32. The molecule has 1 amide bonds. The second-order valence-corrected chi connectivity index (χ2v) is 7.99. The highest BCUT2D eigenvalue weighted by Gasteiger charge is 2.22. The maximum absolute atomic E-state index is 12.7. The van der Waals surface area contributed by atoms with Gasteiger partial charge in [0.05, 0.1) is 12.0 Å². The van der Waals surface area contributed by atoms with Gasteiger partial charge in [0.15, 0.2) is 5.13 Å². The summed E-state index contributed by atoms with van der Waals surface area (Å²) >= 11 is 1.66. The zero-order chi connectivity index (χ0) is 19.6. The Labute approximate surface area is 172 Å². The third-order valence-electron chi connectivity index (χ3n) is 5.32. The van der Waals surface area contributed by atoms with Gasteiger partial charge in [-0.15, -0.1) is 11.3 Å². The minimum absolute atomic E-state index is 0.0290. The van der Waals surface area contributed by atoms with Crippen molar-refractivity contribution in [3.05, 3.63) is 66.0 Å². The highest BCUT2D eigenvalue weighted by molar-refractivity contribution is 7.13. The SMILES string of the molecule is O=C(NC1CCN(c2nccs2)CC1)c1ccc(-c2nccc3occc23)cc1. The number of hydrogen-bond donors (Lipinski definition) is 1. The molecule has 3 aromatic heterocycles. The van der Waals surface area contributed by atoms with Gasteiger partial charge in [0.1, 0.15) is 5.58 Å². The van der Waals surface area contributed by atoms with Crippen LogP contribution in [0.25, 0.3) is 22.2 Å². The number of nitrogens with zero attached hydrogens (tertiary/aromatic N) is 3. The number of aromatic nitrogens is 2. The molecule has 1 fully saturated rings. The predicted octanol–water partition coefficient (Wildman–Crippen LogP) is 4.35. The number of fused-ring (bicyclic) bond motifs is 1. The molecular formula is C22H20N4O2S. The van der Waals surface area contributed by atoms with Crippen LogP contribution in [0.5, 0.6) is 0 Å². The van der Waals surface area contributed by atoms with E-state index in [0.29, 0.717) is 5.56 Å². The highest BCUT2D eigenvalue weighted by atomic mass is 32.1. The summed E-state index contributed by atoms with van der Waals surface area (Å²) in [6, 6.07) is 11.5. The normalized spacial score (nSPS) is 15.0. The van der Waals surface area contributed by atoms with E-state index in [1.54, 1.807) is 23.8 Å². The Morgan fingerprint density at radius 3 is 2.66 bits per heavy atom. The van der Waals surface area contributed by atoms with E-state index in [1.807, 2.05) is 48.0 Å². The van der Waals surface area contributed by atoms with Gasteiger partial charge in [-0.25, -0.2) is 4.98 Å². The minimum Gasteiger partial charge on any atom is -0.464 e. The maximum Gasteiger partial charge on any atom is 0.251 e. The lowest BCUT2D eigenvalue weighted by atomic mass is 10.0. The topological polar surface area (TPSA) is 71.3 Å². The first-order chi connectivity index (χ1) is 14.3. The van der Waals surface area contributed by atoms with Crippen molar-refractivity contribution in [2.75, 3.05) is 18.0 Å². The zero-order valence-corrected chi connectivity index (χ0v) is 16.6. The van der Waals surface area contributed by atoms with Crippen LogP contribution in [0, 0.1) is 0 Å². The van der Waals surface area contributed by atoms with E-state index in [-0.39, 0.29) is 11.9 Å². The van der Waals surface area contributed by atoms with E-state index in [0.717, 1.165) is 53.3 Å². The molecule has 1 aliphatic rings. The number of thiazole rings is 1. The van der Waals surface area contributed by atoms with Crippen molar-refractivity contribution in [2.45, 2.75) is 18.9 Å². The predicted molar refractivity (Wildman–Crippen MR) is 114 cm³/mol. The zero-order valence-electron chi connectivity index (χ0n) is 15.7. The fraction of sp³-hybridized carbons (Fsp3) is 0.227. The minimum atomic E-state index is -0.0290. The standard InChI is InChI=1S/C22H20N4O2S/c27-21(25-17-6-11-26(12-7-17)22-24-10-14-29-22)16-3-1-15(2-4-16)20-18-8-13-28-19(18)5-9-23-20/h1-5,8-10,13-14,17H,6-7,11-12H2,(H,25,27). The van der Waals surface area contributed by atoms with Gasteiger partial charge in [0, 0.05) is 53.4 Å². The Morgan fingerprint density at radius 1 is 1.07 bits per heavy atom. The molecule has 0 aliphatic carbocycles. The Balaban J connectivity index is 1.24. The van der Waals surface area contributed by atoms with Gasteiger partial charge in [-0.2, -0.15) is 0 Å². The number of nitrogens with one attached hydrogen (secondary N) is 1. The molecule has 0 bridgehead atoms. The van der Waals surface area contributed by atoms with Crippen molar-refractivity contribution >= 4 is 33.3 Å². The number of carbonyl (C=O) groups excluding carboxylic acids is 1. The van der Waals surface area contributed by atoms with Gasteiger partial charge in [-0.1, -0.05) is 12.1 Å². The molecule has 0 radical (unpaired) electrons. The summed E-state index contributed by atoms with van der Waals surface area (Å²) < 4.78 is 5.45. The monoisotopic (exact) mass is 404 g/mol. The average molecular weight is 404 g/mol. The van der Waals surface area contributed by atoms with E-state index in [4.69, 9.17) is 4.42 Å². The highest BCUT2D eigenvalue weighted by Crippen LogP contribution is 2.27. The van der Waals surface area contributed by atoms with Crippen molar-refractivity contribution < 1.29 is 9.21 Å². The van der Waals surface area contributed by atoms with E-state index in [1.165, 1.54) is 0 Å². The number of carbonyl (C=O) groups is 1. The van der Waals surface area contributed by atoms with Crippen molar-refractivity contribution in [3.8, 4) is 11.3 Å². The summed E-state index contributed by atoms with van der Waals surface area (Å²) in [4.78, 5) is 23.8. The van der Waals surface area contributed by atoms with Crippen LogP contribution < -0.4 is 10.2 Å². The molecule has 0 atom stereocenters. The van der Waals surface area contributed by atoms with Crippen LogP contribution in [-0.2, 0) is 0 Å². The molecule has 4 aromatic rings. The maximum atomic E-state index is 12.7. The lowest BCUT2D eigenvalue weighted by molar-refractivity contribution is 0.0931. The molecule has 7 heteroatoms.